The highest BCUT2D eigenvalue weighted by Gasteiger charge is 2.30. The van der Waals surface area contributed by atoms with Crippen LogP contribution in [0.2, 0.25) is 0 Å². The molecule has 0 fully saturated rings. The lowest BCUT2D eigenvalue weighted by molar-refractivity contribution is -0.161. The molecule has 3 N–H and O–H groups in total. The first-order valence-corrected chi connectivity index (χ1v) is 43.7. The van der Waals surface area contributed by atoms with Gasteiger partial charge in [-0.15, -0.1) is 0 Å². The van der Waals surface area contributed by atoms with E-state index in [1.165, 1.54) is 96.3 Å². The van der Waals surface area contributed by atoms with Gasteiger partial charge in [-0.25, -0.2) is 9.13 Å². The first kappa shape index (κ1) is 101. The number of aliphatic hydroxyl groups excluding tert-OH is 1. The highest BCUT2D eigenvalue weighted by atomic mass is 31.2. The summed E-state index contributed by atoms with van der Waals surface area (Å²) in [5.41, 5.74) is 0. The summed E-state index contributed by atoms with van der Waals surface area (Å²) in [5, 5.41) is 10.6. The van der Waals surface area contributed by atoms with Crippen LogP contribution in [0.3, 0.4) is 0 Å². The molecule has 0 saturated carbocycles. The maximum absolute atomic E-state index is 13.1. The zero-order valence-electron chi connectivity index (χ0n) is 66.1. The minimum Gasteiger partial charge on any atom is -0.462 e. The molecule has 0 amide bonds. The van der Waals surface area contributed by atoms with Crippen LogP contribution in [0, 0.1) is 0 Å². The van der Waals surface area contributed by atoms with E-state index in [1.54, 1.807) is 0 Å². The van der Waals surface area contributed by atoms with Gasteiger partial charge in [-0.1, -0.05) is 276 Å². The van der Waals surface area contributed by atoms with Crippen LogP contribution in [-0.2, 0) is 65.4 Å². The van der Waals surface area contributed by atoms with E-state index in [-0.39, 0.29) is 25.7 Å². The highest BCUT2D eigenvalue weighted by Crippen LogP contribution is 2.45. The molecule has 17 nitrogen and oxygen atoms in total. The minimum atomic E-state index is -5.02. The van der Waals surface area contributed by atoms with Crippen molar-refractivity contribution in [2.24, 2.45) is 0 Å². The van der Waals surface area contributed by atoms with Crippen LogP contribution in [0.5, 0.6) is 0 Å². The molecule has 0 aliphatic heterocycles. The third-order valence-corrected chi connectivity index (χ3v) is 18.3. The number of allylic oxidation sites excluding steroid dienone is 26. The van der Waals surface area contributed by atoms with Crippen LogP contribution in [0.25, 0.3) is 0 Å². The lowest BCUT2D eigenvalue weighted by atomic mass is 10.1. The Labute approximate surface area is 642 Å². The molecule has 106 heavy (non-hydrogen) atoms. The number of rotatable bonds is 75. The maximum atomic E-state index is 13.1. The number of carbonyl (C=O) groups excluding carboxylic acids is 4. The van der Waals surface area contributed by atoms with Crippen molar-refractivity contribution in [3.8, 4) is 0 Å². The van der Waals surface area contributed by atoms with E-state index >= 15 is 0 Å². The molecule has 19 heteroatoms. The molecule has 2 unspecified atom stereocenters. The fourth-order valence-electron chi connectivity index (χ4n) is 10.2. The Balaban J connectivity index is 5.53. The Hall–Kier alpha value is -5.32. The van der Waals surface area contributed by atoms with Gasteiger partial charge in [-0.05, 0) is 167 Å². The molecular weight excluding hydrogens is 1380 g/mol. The van der Waals surface area contributed by atoms with E-state index < -0.39 is 97.5 Å². The lowest BCUT2D eigenvalue weighted by Gasteiger charge is -2.21. The summed E-state index contributed by atoms with van der Waals surface area (Å²) in [5.74, 6) is -2.39. The molecule has 5 atom stereocenters. The third kappa shape index (κ3) is 76.9. The van der Waals surface area contributed by atoms with Crippen molar-refractivity contribution >= 4 is 39.5 Å². The number of carbonyl (C=O) groups is 4. The summed E-state index contributed by atoms with van der Waals surface area (Å²) in [7, 11) is -10.0. The molecule has 0 heterocycles. The number of esters is 4. The van der Waals surface area contributed by atoms with Gasteiger partial charge in [-0.3, -0.25) is 37.3 Å². The number of phosphoric ester groups is 2. The van der Waals surface area contributed by atoms with Crippen LogP contribution >= 0.6 is 15.6 Å². The Kier molecular flexibility index (Phi) is 73.9. The van der Waals surface area contributed by atoms with Crippen molar-refractivity contribution in [1.29, 1.82) is 0 Å². The van der Waals surface area contributed by atoms with Gasteiger partial charge in [0.2, 0.25) is 0 Å². The number of unbranched alkanes of at least 4 members (excludes halogenated alkanes) is 23. The van der Waals surface area contributed by atoms with Crippen LogP contribution in [0.15, 0.2) is 158 Å². The standard InChI is InChI=1S/C87H144O17P2/c1-5-9-13-17-21-25-29-33-37-40-44-47-51-55-59-63-67-71-84(89)97-77-82(103-86(91)73-69-65-61-57-53-49-43-36-32-28-24-20-16-12-8-4)79-101-105(93,94)99-75-81(88)76-100-106(95,96)102-80-83(104-87(92)74-70-66-62-58-54-50-46-42-39-35-31-27-23-19-15-11-7-3)78-98-85(90)72-68-64-60-56-52-48-45-41-38-34-30-26-22-18-14-10-6-2/h21-23,25-27,33-39,43-48,50,55-56,58-60,62,81-83,88H,5-20,24,28-32,40-42,49,51-54,57,61,63-80H2,1-4H3,(H,93,94)(H,95,96)/b25-21-,26-22-,27-23-,37-33-,38-34-,39-35-,43-36-,47-44-,48-45-,50-46-,59-55-,60-56-,62-58-/t81-,82-,83-/m1/s1. The summed E-state index contributed by atoms with van der Waals surface area (Å²) in [6.45, 7) is 4.59. The van der Waals surface area contributed by atoms with Crippen molar-refractivity contribution in [3.05, 3.63) is 158 Å². The lowest BCUT2D eigenvalue weighted by Crippen LogP contribution is -2.30. The van der Waals surface area contributed by atoms with Gasteiger partial charge in [0, 0.05) is 25.7 Å². The Morgan fingerprint density at radius 2 is 0.472 bits per heavy atom. The van der Waals surface area contributed by atoms with Gasteiger partial charge in [-0.2, -0.15) is 0 Å². The normalized spacial score (nSPS) is 14.7. The summed E-state index contributed by atoms with van der Waals surface area (Å²) < 4.78 is 68.5. The molecule has 0 saturated heterocycles. The monoisotopic (exact) mass is 1520 g/mol. The third-order valence-electron chi connectivity index (χ3n) is 16.4. The predicted molar refractivity (Wildman–Crippen MR) is 436 cm³/mol. The zero-order valence-corrected chi connectivity index (χ0v) is 67.8. The number of phosphoric acid groups is 2. The quantitative estimate of drug-likeness (QED) is 0.0169. The molecule has 0 rings (SSSR count). The highest BCUT2D eigenvalue weighted by molar-refractivity contribution is 7.47. The van der Waals surface area contributed by atoms with Gasteiger partial charge < -0.3 is 33.8 Å². The van der Waals surface area contributed by atoms with Crippen molar-refractivity contribution in [1.82, 2.24) is 0 Å². The number of hydrogen-bond acceptors (Lipinski definition) is 15. The van der Waals surface area contributed by atoms with Gasteiger partial charge in [0.1, 0.15) is 19.3 Å². The average molecular weight is 1520 g/mol. The molecule has 0 aromatic heterocycles. The smallest absolute Gasteiger partial charge is 0.462 e. The SMILES string of the molecule is CCCCC/C=C\C/C=C\C/C=C\C/C=C\CCCC(=O)OC[C@H](COP(=O)(O)OC[C@H](O)COP(=O)(O)OC[C@@H](COC(=O)CCC/C=C\C/C=C\C/C=C\C/C=C\CCCCC)OC(=O)CCCCCCC/C=C\CCCCCCCC)OC(=O)CCC/C=C\C/C=C\C/C=C\C/C=C\CCCCC. The molecule has 0 radical (unpaired) electrons. The van der Waals surface area contributed by atoms with E-state index in [4.69, 9.17) is 37.0 Å². The van der Waals surface area contributed by atoms with E-state index in [1.807, 2.05) is 36.5 Å². The molecule has 0 aromatic carbocycles. The van der Waals surface area contributed by atoms with Crippen molar-refractivity contribution in [3.63, 3.8) is 0 Å². The number of ether oxygens (including phenoxy) is 4. The first-order valence-electron chi connectivity index (χ1n) is 40.7. The second kappa shape index (κ2) is 77.8. The van der Waals surface area contributed by atoms with Crippen LogP contribution in [0.4, 0.5) is 0 Å². The van der Waals surface area contributed by atoms with Gasteiger partial charge >= 0.3 is 39.5 Å². The molecule has 604 valence electrons. The maximum Gasteiger partial charge on any atom is 0.472 e. The molecular formula is C87H144O17P2. The van der Waals surface area contributed by atoms with E-state index in [2.05, 4.69) is 149 Å². The van der Waals surface area contributed by atoms with Crippen LogP contribution in [0.1, 0.15) is 310 Å². The topological polar surface area (TPSA) is 237 Å². The molecule has 0 aliphatic carbocycles. The predicted octanol–water partition coefficient (Wildman–Crippen LogP) is 24.0. The largest absolute Gasteiger partial charge is 0.472 e. The average Bonchev–Trinajstić information content (AvgIpc) is 0.902. The summed E-state index contributed by atoms with van der Waals surface area (Å²) in [6, 6.07) is 0. The second-order valence-corrected chi connectivity index (χ2v) is 29.5. The molecule has 0 aliphatic rings. The Bertz CT molecular complexity index is 2630. The summed E-state index contributed by atoms with van der Waals surface area (Å²) >= 11 is 0. The fourth-order valence-corrected chi connectivity index (χ4v) is 11.8. The Morgan fingerprint density at radius 3 is 0.774 bits per heavy atom. The molecule has 0 aromatic rings. The van der Waals surface area contributed by atoms with E-state index in [0.717, 1.165) is 116 Å². The van der Waals surface area contributed by atoms with E-state index in [0.29, 0.717) is 44.9 Å². The summed E-state index contributed by atoms with van der Waals surface area (Å²) in [6.07, 6.45) is 91.0. The van der Waals surface area contributed by atoms with Gasteiger partial charge in [0.05, 0.1) is 26.4 Å². The molecule has 0 bridgehead atoms. The van der Waals surface area contributed by atoms with Crippen LogP contribution < -0.4 is 0 Å². The van der Waals surface area contributed by atoms with Gasteiger partial charge in [0.15, 0.2) is 12.2 Å². The van der Waals surface area contributed by atoms with Crippen molar-refractivity contribution < 1.29 is 80.2 Å². The second-order valence-electron chi connectivity index (χ2n) is 26.6. The van der Waals surface area contributed by atoms with Crippen LogP contribution in [-0.4, -0.2) is 96.7 Å². The number of hydrogen-bond donors (Lipinski definition) is 3. The Morgan fingerprint density at radius 1 is 0.264 bits per heavy atom. The first-order chi connectivity index (χ1) is 51.7. The number of aliphatic hydroxyl groups is 1. The van der Waals surface area contributed by atoms with E-state index in [9.17, 15) is 43.2 Å². The fraction of sp³-hybridized carbons (Fsp3) is 0.655. The minimum absolute atomic E-state index is 0.00112. The summed E-state index contributed by atoms with van der Waals surface area (Å²) in [4.78, 5) is 73.0. The van der Waals surface area contributed by atoms with Crippen molar-refractivity contribution in [2.75, 3.05) is 39.6 Å². The molecule has 0 spiro atoms. The zero-order chi connectivity index (χ0) is 77.4. The van der Waals surface area contributed by atoms with Gasteiger partial charge in [0.25, 0.3) is 0 Å². The van der Waals surface area contributed by atoms with Crippen molar-refractivity contribution in [2.45, 2.75) is 329 Å².